The van der Waals surface area contributed by atoms with E-state index in [1.807, 2.05) is 4.57 Å². The van der Waals surface area contributed by atoms with E-state index in [1.54, 1.807) is 33.8 Å². The predicted octanol–water partition coefficient (Wildman–Crippen LogP) is 2.64. The molecule has 5 nitrogen and oxygen atoms in total. The summed E-state index contributed by atoms with van der Waals surface area (Å²) in [6, 6.07) is 0. The van der Waals surface area contributed by atoms with Gasteiger partial charge in [-0.2, -0.15) is 0 Å². The van der Waals surface area contributed by atoms with E-state index >= 15 is 0 Å². The van der Waals surface area contributed by atoms with Gasteiger partial charge in [0, 0.05) is 17.9 Å². The maximum Gasteiger partial charge on any atom is 0.340 e. The zero-order valence-electron chi connectivity index (χ0n) is 12.5. The van der Waals surface area contributed by atoms with E-state index < -0.39 is 11.9 Å². The van der Waals surface area contributed by atoms with Crippen LogP contribution in [0.5, 0.6) is 0 Å². The molecule has 0 aliphatic heterocycles. The molecule has 0 radical (unpaired) electrons. The summed E-state index contributed by atoms with van der Waals surface area (Å²) in [6.07, 6.45) is 1.71. The number of aromatic nitrogens is 1. The van der Waals surface area contributed by atoms with Crippen molar-refractivity contribution in [3.8, 4) is 0 Å². The normalized spacial score (nSPS) is 10.2. The number of hydrogen-bond acceptors (Lipinski definition) is 4. The molecule has 0 unspecified atom stereocenters. The van der Waals surface area contributed by atoms with Crippen LogP contribution in [-0.2, 0) is 16.0 Å². The molecular formula is C15H21NO4. The van der Waals surface area contributed by atoms with E-state index in [4.69, 9.17) is 9.47 Å². The van der Waals surface area contributed by atoms with Gasteiger partial charge in [-0.3, -0.25) is 0 Å². The number of rotatable bonds is 6. The highest BCUT2D eigenvalue weighted by Gasteiger charge is 2.28. The van der Waals surface area contributed by atoms with Gasteiger partial charge in [0.2, 0.25) is 0 Å². The molecule has 20 heavy (non-hydrogen) atoms. The van der Waals surface area contributed by atoms with Gasteiger partial charge in [-0.05, 0) is 27.7 Å². The molecule has 110 valence electrons. The lowest BCUT2D eigenvalue weighted by Crippen LogP contribution is -2.13. The second-order valence-electron chi connectivity index (χ2n) is 4.26. The lowest BCUT2D eigenvalue weighted by atomic mass is 10.1. The van der Waals surface area contributed by atoms with Crippen LogP contribution in [0, 0.1) is 13.8 Å². The number of ether oxygens (including phenoxy) is 2. The van der Waals surface area contributed by atoms with Crippen LogP contribution in [0.2, 0.25) is 0 Å². The highest BCUT2D eigenvalue weighted by molar-refractivity contribution is 6.05. The van der Waals surface area contributed by atoms with Gasteiger partial charge < -0.3 is 14.0 Å². The van der Waals surface area contributed by atoms with Crippen LogP contribution in [-0.4, -0.2) is 29.7 Å². The monoisotopic (exact) mass is 279 g/mol. The highest BCUT2D eigenvalue weighted by Crippen LogP contribution is 2.24. The Morgan fingerprint density at radius 2 is 1.45 bits per heavy atom. The highest BCUT2D eigenvalue weighted by atomic mass is 16.5. The Kier molecular flexibility index (Phi) is 5.55. The van der Waals surface area contributed by atoms with Gasteiger partial charge in [0.05, 0.1) is 24.3 Å². The van der Waals surface area contributed by atoms with Crippen molar-refractivity contribution >= 4 is 11.9 Å². The van der Waals surface area contributed by atoms with Crippen LogP contribution in [0.3, 0.4) is 0 Å². The summed E-state index contributed by atoms with van der Waals surface area (Å²) >= 11 is 0. The van der Waals surface area contributed by atoms with Crippen LogP contribution in [0.25, 0.3) is 0 Å². The zero-order valence-corrected chi connectivity index (χ0v) is 12.5. The molecule has 1 rings (SSSR count). The summed E-state index contributed by atoms with van der Waals surface area (Å²) < 4.78 is 11.9. The summed E-state index contributed by atoms with van der Waals surface area (Å²) in [6.45, 7) is 11.7. The van der Waals surface area contributed by atoms with E-state index in [9.17, 15) is 9.59 Å². The lowest BCUT2D eigenvalue weighted by Gasteiger charge is -2.05. The molecule has 0 aromatic carbocycles. The Morgan fingerprint density at radius 1 is 1.05 bits per heavy atom. The van der Waals surface area contributed by atoms with Crippen molar-refractivity contribution in [3.05, 3.63) is 35.2 Å². The smallest absolute Gasteiger partial charge is 0.340 e. The minimum Gasteiger partial charge on any atom is -0.462 e. The molecule has 0 spiro atoms. The Hall–Kier alpha value is -2.04. The molecule has 1 heterocycles. The first-order chi connectivity index (χ1) is 9.49. The fourth-order valence-corrected chi connectivity index (χ4v) is 2.19. The van der Waals surface area contributed by atoms with Gasteiger partial charge in [0.1, 0.15) is 0 Å². The summed E-state index contributed by atoms with van der Waals surface area (Å²) in [5.41, 5.74) is 1.93. The van der Waals surface area contributed by atoms with Gasteiger partial charge in [-0.25, -0.2) is 9.59 Å². The SMILES string of the molecule is C=CCn1c(C)c(C(=O)OCC)c(C(=O)OCC)c1C. The van der Waals surface area contributed by atoms with Crippen molar-refractivity contribution in [2.45, 2.75) is 34.2 Å². The number of allylic oxidation sites excluding steroid dienone is 1. The zero-order chi connectivity index (χ0) is 15.3. The van der Waals surface area contributed by atoms with E-state index in [2.05, 4.69) is 6.58 Å². The van der Waals surface area contributed by atoms with Crippen LogP contribution < -0.4 is 0 Å². The summed E-state index contributed by atoms with van der Waals surface area (Å²) in [5, 5.41) is 0. The van der Waals surface area contributed by atoms with Crippen molar-refractivity contribution in [3.63, 3.8) is 0 Å². The fourth-order valence-electron chi connectivity index (χ4n) is 2.19. The van der Waals surface area contributed by atoms with Crippen LogP contribution in [0.1, 0.15) is 46.0 Å². The van der Waals surface area contributed by atoms with E-state index in [0.29, 0.717) is 17.9 Å². The molecule has 0 N–H and O–H groups in total. The molecule has 0 saturated heterocycles. The van der Waals surface area contributed by atoms with Crippen molar-refractivity contribution in [1.82, 2.24) is 4.57 Å². The lowest BCUT2D eigenvalue weighted by molar-refractivity contribution is 0.0479. The molecule has 0 saturated carbocycles. The van der Waals surface area contributed by atoms with E-state index in [0.717, 1.165) is 0 Å². The van der Waals surface area contributed by atoms with Gasteiger partial charge >= 0.3 is 11.9 Å². The molecule has 5 heteroatoms. The molecule has 0 aliphatic carbocycles. The van der Waals surface area contributed by atoms with Crippen molar-refractivity contribution in [2.75, 3.05) is 13.2 Å². The maximum atomic E-state index is 12.1. The molecule has 0 aliphatic rings. The number of carbonyl (C=O) groups excluding carboxylic acids is 2. The predicted molar refractivity (Wildman–Crippen MR) is 76.0 cm³/mol. The van der Waals surface area contributed by atoms with Gasteiger partial charge in [0.15, 0.2) is 0 Å². The van der Waals surface area contributed by atoms with Gasteiger partial charge in [0.25, 0.3) is 0 Å². The number of hydrogen-bond donors (Lipinski definition) is 0. The van der Waals surface area contributed by atoms with Crippen molar-refractivity contribution in [1.29, 1.82) is 0 Å². The minimum atomic E-state index is -0.501. The van der Waals surface area contributed by atoms with Gasteiger partial charge in [-0.1, -0.05) is 6.08 Å². The summed E-state index contributed by atoms with van der Waals surface area (Å²) in [7, 11) is 0. The summed E-state index contributed by atoms with van der Waals surface area (Å²) in [4.78, 5) is 24.2. The number of carbonyl (C=O) groups is 2. The largest absolute Gasteiger partial charge is 0.462 e. The van der Waals surface area contributed by atoms with Crippen molar-refractivity contribution in [2.24, 2.45) is 0 Å². The van der Waals surface area contributed by atoms with Crippen molar-refractivity contribution < 1.29 is 19.1 Å². The molecule has 0 amide bonds. The Bertz CT molecular complexity index is 487. The number of nitrogens with zero attached hydrogens (tertiary/aromatic N) is 1. The summed E-state index contributed by atoms with van der Waals surface area (Å²) in [5.74, 6) is -1.00. The van der Waals surface area contributed by atoms with Crippen LogP contribution in [0.15, 0.2) is 12.7 Å². The Balaban J connectivity index is 3.44. The standard InChI is InChI=1S/C15H21NO4/c1-6-9-16-10(4)12(14(17)19-7-2)13(11(16)5)15(18)20-8-3/h6H,1,7-9H2,2-5H3. The second kappa shape index (κ2) is 6.93. The second-order valence-corrected chi connectivity index (χ2v) is 4.26. The third kappa shape index (κ3) is 2.92. The van der Waals surface area contributed by atoms with E-state index in [-0.39, 0.29) is 24.3 Å². The molecule has 1 aromatic rings. The molecule has 0 fully saturated rings. The average Bonchev–Trinajstić information content (AvgIpc) is 2.64. The Morgan fingerprint density at radius 3 is 1.75 bits per heavy atom. The first kappa shape index (κ1) is 16.0. The van der Waals surface area contributed by atoms with Crippen LogP contribution in [0.4, 0.5) is 0 Å². The first-order valence-electron chi connectivity index (χ1n) is 6.64. The van der Waals surface area contributed by atoms with Gasteiger partial charge in [-0.15, -0.1) is 6.58 Å². The fraction of sp³-hybridized carbons (Fsp3) is 0.467. The minimum absolute atomic E-state index is 0.256. The van der Waals surface area contributed by atoms with Crippen LogP contribution >= 0.6 is 0 Å². The van der Waals surface area contributed by atoms with E-state index in [1.165, 1.54) is 0 Å². The maximum absolute atomic E-state index is 12.1. The number of esters is 2. The molecule has 1 aromatic heterocycles. The quantitative estimate of drug-likeness (QED) is 0.593. The third-order valence-electron chi connectivity index (χ3n) is 3.05. The molecular weight excluding hydrogens is 258 g/mol. The molecule has 0 atom stereocenters. The average molecular weight is 279 g/mol. The first-order valence-corrected chi connectivity index (χ1v) is 6.64. The Labute approximate surface area is 119 Å². The molecule has 0 bridgehead atoms. The topological polar surface area (TPSA) is 57.5 Å². The third-order valence-corrected chi connectivity index (χ3v) is 3.05.